The fourth-order valence-electron chi connectivity index (χ4n) is 2.37. The molecule has 0 amide bonds. The lowest BCUT2D eigenvalue weighted by Crippen LogP contribution is -2.24. The van der Waals surface area contributed by atoms with Crippen LogP contribution in [0.4, 0.5) is 0 Å². The van der Waals surface area contributed by atoms with Crippen molar-refractivity contribution in [3.05, 3.63) is 59.2 Å². The molecule has 0 aromatic carbocycles. The molecule has 2 aromatic rings. The second-order valence-corrected chi connectivity index (χ2v) is 5.06. The van der Waals surface area contributed by atoms with Crippen molar-refractivity contribution >= 4 is 0 Å². The Morgan fingerprint density at radius 2 is 2.00 bits per heavy atom. The third-order valence-electron chi connectivity index (χ3n) is 3.61. The molecule has 0 spiro atoms. The van der Waals surface area contributed by atoms with Gasteiger partial charge in [-0.1, -0.05) is 19.9 Å². The van der Waals surface area contributed by atoms with E-state index in [9.17, 15) is 0 Å². The minimum atomic E-state index is 0.272. The molecule has 3 heteroatoms. The Morgan fingerprint density at radius 3 is 2.60 bits per heavy atom. The van der Waals surface area contributed by atoms with Crippen molar-refractivity contribution in [2.75, 3.05) is 6.54 Å². The number of hydrogen-bond acceptors (Lipinski definition) is 3. The Kier molecular flexibility index (Phi) is 5.24. The van der Waals surface area contributed by atoms with Crippen LogP contribution in [-0.4, -0.2) is 16.5 Å². The van der Waals surface area contributed by atoms with E-state index in [1.54, 1.807) is 0 Å². The van der Waals surface area contributed by atoms with E-state index in [0.29, 0.717) is 0 Å². The summed E-state index contributed by atoms with van der Waals surface area (Å²) in [6.07, 6.45) is 7.71. The van der Waals surface area contributed by atoms with Crippen LogP contribution in [0.1, 0.15) is 42.3 Å². The summed E-state index contributed by atoms with van der Waals surface area (Å²) in [5.74, 6) is 0. The van der Waals surface area contributed by atoms with Gasteiger partial charge in [-0.2, -0.15) is 0 Å². The summed E-state index contributed by atoms with van der Waals surface area (Å²) in [4.78, 5) is 8.82. The number of rotatable bonds is 6. The Hall–Kier alpha value is -1.74. The number of nitrogens with one attached hydrogen (secondary N) is 1. The van der Waals surface area contributed by atoms with Gasteiger partial charge < -0.3 is 5.32 Å². The van der Waals surface area contributed by atoms with Crippen LogP contribution in [-0.2, 0) is 12.8 Å². The number of hydrogen-bond donors (Lipinski definition) is 1. The topological polar surface area (TPSA) is 37.8 Å². The van der Waals surface area contributed by atoms with Gasteiger partial charge in [-0.3, -0.25) is 9.97 Å². The zero-order valence-electron chi connectivity index (χ0n) is 12.6. The van der Waals surface area contributed by atoms with Gasteiger partial charge in [0.05, 0.1) is 0 Å². The molecule has 0 aliphatic rings. The Labute approximate surface area is 121 Å². The summed E-state index contributed by atoms with van der Waals surface area (Å²) in [6, 6.07) is 6.64. The maximum absolute atomic E-state index is 4.57. The second-order valence-electron chi connectivity index (χ2n) is 5.06. The zero-order chi connectivity index (χ0) is 14.4. The van der Waals surface area contributed by atoms with Crippen molar-refractivity contribution in [2.24, 2.45) is 0 Å². The lowest BCUT2D eigenvalue weighted by molar-refractivity contribution is 0.540. The van der Waals surface area contributed by atoms with Crippen molar-refractivity contribution in [1.82, 2.24) is 15.3 Å². The number of aromatic nitrogens is 2. The van der Waals surface area contributed by atoms with Crippen molar-refractivity contribution < 1.29 is 0 Å². The molecule has 106 valence electrons. The minimum Gasteiger partial charge on any atom is -0.310 e. The highest BCUT2D eigenvalue weighted by Gasteiger charge is 2.14. The van der Waals surface area contributed by atoms with Gasteiger partial charge in [0, 0.05) is 36.7 Å². The van der Waals surface area contributed by atoms with Gasteiger partial charge in [0.1, 0.15) is 0 Å². The molecule has 0 aliphatic heterocycles. The van der Waals surface area contributed by atoms with E-state index in [-0.39, 0.29) is 6.04 Å². The van der Waals surface area contributed by atoms with E-state index in [2.05, 4.69) is 54.3 Å². The van der Waals surface area contributed by atoms with Gasteiger partial charge >= 0.3 is 0 Å². The molecule has 2 heterocycles. The molecule has 0 fully saturated rings. The first-order valence-corrected chi connectivity index (χ1v) is 7.32. The van der Waals surface area contributed by atoms with Gasteiger partial charge in [0.2, 0.25) is 0 Å². The SMILES string of the molecule is CCNC(Cc1ccc(CC)cn1)c1cnccc1C. The molecule has 2 rings (SSSR count). The molecule has 2 aromatic heterocycles. The largest absolute Gasteiger partial charge is 0.310 e. The van der Waals surface area contributed by atoms with Crippen molar-refractivity contribution in [2.45, 2.75) is 39.7 Å². The van der Waals surface area contributed by atoms with Crippen LogP contribution in [0.2, 0.25) is 0 Å². The average Bonchev–Trinajstić information content (AvgIpc) is 2.48. The van der Waals surface area contributed by atoms with Crippen LogP contribution in [0.15, 0.2) is 36.8 Å². The summed E-state index contributed by atoms with van der Waals surface area (Å²) in [6.45, 7) is 7.35. The van der Waals surface area contributed by atoms with E-state index >= 15 is 0 Å². The van der Waals surface area contributed by atoms with E-state index in [4.69, 9.17) is 0 Å². The maximum atomic E-state index is 4.57. The fourth-order valence-corrected chi connectivity index (χ4v) is 2.37. The summed E-state index contributed by atoms with van der Waals surface area (Å²) < 4.78 is 0. The summed E-state index contributed by atoms with van der Waals surface area (Å²) in [5.41, 5.74) is 4.94. The standard InChI is InChI=1S/C17H23N3/c1-4-14-6-7-15(20-11-14)10-17(19-5-2)16-12-18-9-8-13(16)3/h6-9,11-12,17,19H,4-5,10H2,1-3H3. The van der Waals surface area contributed by atoms with E-state index in [1.807, 2.05) is 18.6 Å². The molecule has 1 N–H and O–H groups in total. The van der Waals surface area contributed by atoms with Crippen LogP contribution in [0, 0.1) is 6.92 Å². The molecule has 0 saturated carbocycles. The third kappa shape index (κ3) is 3.64. The van der Waals surface area contributed by atoms with Crippen LogP contribution in [0.5, 0.6) is 0 Å². The predicted octanol–water partition coefficient (Wildman–Crippen LogP) is 3.24. The zero-order valence-corrected chi connectivity index (χ0v) is 12.6. The Balaban J connectivity index is 2.18. The predicted molar refractivity (Wildman–Crippen MR) is 82.7 cm³/mol. The van der Waals surface area contributed by atoms with Crippen LogP contribution in [0.25, 0.3) is 0 Å². The van der Waals surface area contributed by atoms with E-state index in [1.165, 1.54) is 16.7 Å². The first-order valence-electron chi connectivity index (χ1n) is 7.32. The summed E-state index contributed by atoms with van der Waals surface area (Å²) in [7, 11) is 0. The van der Waals surface area contributed by atoms with Gasteiger partial charge in [0.25, 0.3) is 0 Å². The maximum Gasteiger partial charge on any atom is 0.0422 e. The molecule has 0 radical (unpaired) electrons. The normalized spacial score (nSPS) is 12.3. The molecule has 3 nitrogen and oxygen atoms in total. The molecule has 1 unspecified atom stereocenters. The highest BCUT2D eigenvalue weighted by atomic mass is 14.9. The van der Waals surface area contributed by atoms with Crippen LogP contribution < -0.4 is 5.32 Å². The van der Waals surface area contributed by atoms with Crippen molar-refractivity contribution in [3.8, 4) is 0 Å². The van der Waals surface area contributed by atoms with Crippen molar-refractivity contribution in [3.63, 3.8) is 0 Å². The molecule has 20 heavy (non-hydrogen) atoms. The minimum absolute atomic E-state index is 0.272. The molecule has 1 atom stereocenters. The quantitative estimate of drug-likeness (QED) is 0.875. The molecular weight excluding hydrogens is 246 g/mol. The first-order chi connectivity index (χ1) is 9.74. The van der Waals surface area contributed by atoms with Crippen LogP contribution in [0.3, 0.4) is 0 Å². The molecule has 0 saturated heterocycles. The van der Waals surface area contributed by atoms with Crippen molar-refractivity contribution in [1.29, 1.82) is 0 Å². The van der Waals surface area contributed by atoms with Gasteiger partial charge in [-0.05, 0) is 48.7 Å². The first kappa shape index (κ1) is 14.7. The monoisotopic (exact) mass is 269 g/mol. The molecule has 0 bridgehead atoms. The average molecular weight is 269 g/mol. The summed E-state index contributed by atoms with van der Waals surface area (Å²) in [5, 5.41) is 3.54. The van der Waals surface area contributed by atoms with E-state index in [0.717, 1.165) is 25.1 Å². The Morgan fingerprint density at radius 1 is 1.15 bits per heavy atom. The molecule has 0 aliphatic carbocycles. The number of nitrogens with zero attached hydrogens (tertiary/aromatic N) is 2. The lowest BCUT2D eigenvalue weighted by Gasteiger charge is -2.19. The number of aryl methyl sites for hydroxylation is 2. The van der Waals surface area contributed by atoms with Gasteiger partial charge in [0.15, 0.2) is 0 Å². The highest BCUT2D eigenvalue weighted by molar-refractivity contribution is 5.27. The highest BCUT2D eigenvalue weighted by Crippen LogP contribution is 2.20. The number of pyridine rings is 2. The Bertz CT molecular complexity index is 534. The summed E-state index contributed by atoms with van der Waals surface area (Å²) >= 11 is 0. The van der Waals surface area contributed by atoms with Crippen LogP contribution >= 0.6 is 0 Å². The number of likely N-dealkylation sites (N-methyl/N-ethyl adjacent to an activating group) is 1. The van der Waals surface area contributed by atoms with Gasteiger partial charge in [-0.15, -0.1) is 0 Å². The lowest BCUT2D eigenvalue weighted by atomic mass is 9.99. The third-order valence-corrected chi connectivity index (χ3v) is 3.61. The second kappa shape index (κ2) is 7.15. The smallest absolute Gasteiger partial charge is 0.0422 e. The van der Waals surface area contributed by atoms with Gasteiger partial charge in [-0.25, -0.2) is 0 Å². The molecular formula is C17H23N3. The fraction of sp³-hybridized carbons (Fsp3) is 0.412. The van der Waals surface area contributed by atoms with E-state index < -0.39 is 0 Å².